The fraction of sp³-hybridized carbons (Fsp3) is 0.316. The molecule has 0 radical (unpaired) electrons. The lowest BCUT2D eigenvalue weighted by Gasteiger charge is -2.35. The molecule has 0 saturated carbocycles. The molecule has 0 fully saturated rings. The van der Waals surface area contributed by atoms with Gasteiger partial charge in [0.2, 0.25) is 0 Å². The van der Waals surface area contributed by atoms with Gasteiger partial charge < -0.3 is 4.90 Å². The Morgan fingerprint density at radius 3 is 2.65 bits per heavy atom. The number of rotatable bonds is 3. The molecule has 0 unspecified atom stereocenters. The first-order chi connectivity index (χ1) is 12.5. The van der Waals surface area contributed by atoms with Crippen LogP contribution >= 0.6 is 22.7 Å². The highest BCUT2D eigenvalue weighted by Crippen LogP contribution is 2.39. The van der Waals surface area contributed by atoms with E-state index >= 15 is 0 Å². The fourth-order valence-electron chi connectivity index (χ4n) is 3.63. The van der Waals surface area contributed by atoms with Crippen molar-refractivity contribution in [3.63, 3.8) is 0 Å². The molecule has 1 aliphatic rings. The van der Waals surface area contributed by atoms with Crippen LogP contribution in [-0.4, -0.2) is 32.9 Å². The van der Waals surface area contributed by atoms with E-state index in [1.54, 1.807) is 46.2 Å². The van der Waals surface area contributed by atoms with Crippen molar-refractivity contribution in [3.8, 4) is 0 Å². The van der Waals surface area contributed by atoms with Crippen molar-refractivity contribution in [2.45, 2.75) is 26.3 Å². The van der Waals surface area contributed by atoms with Crippen LogP contribution in [0.15, 0.2) is 29.0 Å². The molecule has 0 saturated heterocycles. The number of Topliss-reactive ketones (excluding diaryl/α,β-unsaturated/α-hetero) is 1. The summed E-state index contributed by atoms with van der Waals surface area (Å²) in [7, 11) is 1.79. The van der Waals surface area contributed by atoms with Gasteiger partial charge in [-0.1, -0.05) is 6.07 Å². The highest BCUT2D eigenvalue weighted by Gasteiger charge is 2.37. The second kappa shape index (κ2) is 6.48. The predicted molar refractivity (Wildman–Crippen MR) is 103 cm³/mol. The van der Waals surface area contributed by atoms with E-state index in [1.807, 2.05) is 24.4 Å². The number of aromatic nitrogens is 2. The second-order valence-corrected chi connectivity index (χ2v) is 8.44. The van der Waals surface area contributed by atoms with Gasteiger partial charge in [0.25, 0.3) is 11.7 Å². The van der Waals surface area contributed by atoms with Gasteiger partial charge in [-0.15, -0.1) is 22.7 Å². The third kappa shape index (κ3) is 2.62. The number of carbonyl (C=O) groups excluding carboxylic acids is 2. The maximum atomic E-state index is 13.2. The third-order valence-electron chi connectivity index (χ3n) is 4.97. The largest absolute Gasteiger partial charge is 0.323 e. The zero-order chi connectivity index (χ0) is 18.4. The number of nitrogens with zero attached hydrogens (tertiary/aromatic N) is 3. The number of carbonyl (C=O) groups is 2. The minimum absolute atomic E-state index is 0.182. The van der Waals surface area contributed by atoms with E-state index < -0.39 is 11.7 Å². The number of aryl methyl sites for hydroxylation is 2. The molecule has 26 heavy (non-hydrogen) atoms. The van der Waals surface area contributed by atoms with E-state index in [0.717, 1.165) is 22.6 Å². The standard InChI is InChI=1S/C19H19N3O2S2/c1-11-16(12(2)21(3)20-11)18(23)19(24)22-8-6-14-13(7-10-26-14)17(22)15-5-4-9-25-15/h4-5,7,9-10,17H,6,8H2,1-3H3/t17-/m0/s1. The average Bonchev–Trinajstić information content (AvgIpc) is 3.35. The summed E-state index contributed by atoms with van der Waals surface area (Å²) in [5.74, 6) is -0.909. The van der Waals surface area contributed by atoms with Gasteiger partial charge in [-0.05, 0) is 48.7 Å². The van der Waals surface area contributed by atoms with Crippen LogP contribution in [-0.2, 0) is 18.3 Å². The lowest BCUT2D eigenvalue weighted by atomic mass is 9.97. The summed E-state index contributed by atoms with van der Waals surface area (Å²) in [4.78, 5) is 30.3. The van der Waals surface area contributed by atoms with Crippen LogP contribution in [0.2, 0.25) is 0 Å². The van der Waals surface area contributed by atoms with Gasteiger partial charge in [0, 0.05) is 29.0 Å². The van der Waals surface area contributed by atoms with E-state index in [0.29, 0.717) is 17.8 Å². The summed E-state index contributed by atoms with van der Waals surface area (Å²) in [6.45, 7) is 4.15. The first kappa shape index (κ1) is 17.2. The van der Waals surface area contributed by atoms with E-state index in [9.17, 15) is 9.59 Å². The zero-order valence-corrected chi connectivity index (χ0v) is 16.5. The molecule has 0 N–H and O–H groups in total. The van der Waals surface area contributed by atoms with Gasteiger partial charge in [0.05, 0.1) is 17.3 Å². The van der Waals surface area contributed by atoms with Crippen molar-refractivity contribution >= 4 is 34.4 Å². The summed E-state index contributed by atoms with van der Waals surface area (Å²) in [5, 5.41) is 8.36. The minimum Gasteiger partial charge on any atom is -0.323 e. The predicted octanol–water partition coefficient (Wildman–Crippen LogP) is 3.52. The van der Waals surface area contributed by atoms with Crippen LogP contribution in [0.1, 0.15) is 43.1 Å². The monoisotopic (exact) mass is 385 g/mol. The maximum absolute atomic E-state index is 13.2. The van der Waals surface area contributed by atoms with Gasteiger partial charge >= 0.3 is 0 Å². The summed E-state index contributed by atoms with van der Waals surface area (Å²) in [6.07, 6.45) is 0.791. The topological polar surface area (TPSA) is 55.2 Å². The first-order valence-corrected chi connectivity index (χ1v) is 10.2. The number of thiophene rings is 2. The van der Waals surface area contributed by atoms with Crippen LogP contribution in [0.5, 0.6) is 0 Å². The Balaban J connectivity index is 1.74. The molecule has 0 aromatic carbocycles. The van der Waals surface area contributed by atoms with Crippen molar-refractivity contribution < 1.29 is 9.59 Å². The van der Waals surface area contributed by atoms with Crippen LogP contribution in [0, 0.1) is 13.8 Å². The minimum atomic E-state index is -0.465. The summed E-state index contributed by atoms with van der Waals surface area (Å²) in [6, 6.07) is 5.92. The second-order valence-electron chi connectivity index (χ2n) is 6.46. The zero-order valence-electron chi connectivity index (χ0n) is 14.9. The molecule has 1 atom stereocenters. The third-order valence-corrected chi connectivity index (χ3v) is 6.89. The van der Waals surface area contributed by atoms with E-state index in [-0.39, 0.29) is 6.04 Å². The molecule has 1 amide bonds. The van der Waals surface area contributed by atoms with Crippen LogP contribution in [0.3, 0.4) is 0 Å². The fourth-order valence-corrected chi connectivity index (χ4v) is 5.39. The van der Waals surface area contributed by atoms with Crippen LogP contribution in [0.25, 0.3) is 0 Å². The van der Waals surface area contributed by atoms with Crippen molar-refractivity contribution in [2.75, 3.05) is 6.54 Å². The Bertz CT molecular complexity index is 985. The van der Waals surface area contributed by atoms with Gasteiger partial charge in [-0.25, -0.2) is 0 Å². The Labute approximate surface area is 159 Å². The van der Waals surface area contributed by atoms with Crippen LogP contribution in [0.4, 0.5) is 0 Å². The average molecular weight is 386 g/mol. The molecule has 1 aliphatic heterocycles. The van der Waals surface area contributed by atoms with E-state index in [2.05, 4.69) is 16.5 Å². The van der Waals surface area contributed by atoms with Crippen molar-refractivity contribution in [1.29, 1.82) is 0 Å². The Hall–Kier alpha value is -2.25. The first-order valence-electron chi connectivity index (χ1n) is 8.44. The normalized spacial score (nSPS) is 16.6. The number of amides is 1. The van der Waals surface area contributed by atoms with Gasteiger partial charge in [-0.2, -0.15) is 5.10 Å². The lowest BCUT2D eigenvalue weighted by Crippen LogP contribution is -2.43. The Morgan fingerprint density at radius 2 is 2.00 bits per heavy atom. The Kier molecular flexibility index (Phi) is 4.28. The van der Waals surface area contributed by atoms with E-state index in [1.165, 1.54) is 4.88 Å². The summed E-state index contributed by atoms with van der Waals surface area (Å²) >= 11 is 3.34. The van der Waals surface area contributed by atoms with Crippen molar-refractivity contribution in [3.05, 3.63) is 61.2 Å². The molecule has 0 aliphatic carbocycles. The SMILES string of the molecule is Cc1nn(C)c(C)c1C(=O)C(=O)N1CCc2sccc2[C@H]1c1cccs1. The van der Waals surface area contributed by atoms with Gasteiger partial charge in [0.15, 0.2) is 0 Å². The molecule has 5 nitrogen and oxygen atoms in total. The van der Waals surface area contributed by atoms with Gasteiger partial charge in [0.1, 0.15) is 0 Å². The van der Waals surface area contributed by atoms with Crippen molar-refractivity contribution in [2.24, 2.45) is 7.05 Å². The number of ketones is 1. The maximum Gasteiger partial charge on any atom is 0.295 e. The highest BCUT2D eigenvalue weighted by molar-refractivity contribution is 7.10. The molecule has 134 valence electrons. The molecular formula is C19H19N3O2S2. The quantitative estimate of drug-likeness (QED) is 0.512. The molecule has 0 bridgehead atoms. The smallest absolute Gasteiger partial charge is 0.295 e. The number of hydrogen-bond acceptors (Lipinski definition) is 5. The van der Waals surface area contributed by atoms with Crippen molar-refractivity contribution in [1.82, 2.24) is 14.7 Å². The molecule has 4 rings (SSSR count). The number of hydrogen-bond donors (Lipinski definition) is 0. The van der Waals surface area contributed by atoms with Gasteiger partial charge in [-0.3, -0.25) is 14.3 Å². The molecular weight excluding hydrogens is 366 g/mol. The Morgan fingerprint density at radius 1 is 1.19 bits per heavy atom. The molecule has 4 heterocycles. The van der Waals surface area contributed by atoms with E-state index in [4.69, 9.17) is 0 Å². The molecule has 7 heteroatoms. The summed E-state index contributed by atoms with van der Waals surface area (Å²) < 4.78 is 1.65. The van der Waals surface area contributed by atoms with Crippen LogP contribution < -0.4 is 0 Å². The number of fused-ring (bicyclic) bond motifs is 1. The molecule has 3 aromatic heterocycles. The highest BCUT2D eigenvalue weighted by atomic mass is 32.1. The summed E-state index contributed by atoms with van der Waals surface area (Å²) in [5.41, 5.74) is 2.90. The molecule has 3 aromatic rings. The lowest BCUT2D eigenvalue weighted by molar-refractivity contribution is -0.128. The molecule has 0 spiro atoms.